The number of aromatic amines is 1. The maximum atomic E-state index is 12.2. The third-order valence-corrected chi connectivity index (χ3v) is 3.01. The van der Waals surface area contributed by atoms with Crippen molar-refractivity contribution in [2.45, 2.75) is 13.8 Å². The van der Waals surface area contributed by atoms with Gasteiger partial charge in [0.1, 0.15) is 0 Å². The molecule has 21 heavy (non-hydrogen) atoms. The van der Waals surface area contributed by atoms with E-state index >= 15 is 0 Å². The van der Waals surface area contributed by atoms with E-state index in [-0.39, 0.29) is 5.91 Å². The molecule has 0 saturated carbocycles. The molecule has 2 heterocycles. The number of benzene rings is 1. The molecule has 1 aromatic carbocycles. The predicted octanol–water partition coefficient (Wildman–Crippen LogP) is 2.33. The molecule has 2 N–H and O–H groups in total. The number of aryl methyl sites for hydroxylation is 2. The average Bonchev–Trinajstić information content (AvgIpc) is 3.08. The molecule has 106 valence electrons. The number of rotatable bonds is 3. The van der Waals surface area contributed by atoms with Crippen molar-refractivity contribution in [3.8, 4) is 11.5 Å². The molecule has 3 aromatic rings. The number of para-hydroxylation sites is 1. The van der Waals surface area contributed by atoms with Crippen LogP contribution in [0.2, 0.25) is 0 Å². The van der Waals surface area contributed by atoms with Gasteiger partial charge in [0.2, 0.25) is 11.8 Å². The van der Waals surface area contributed by atoms with Crippen LogP contribution in [0.4, 0.5) is 5.69 Å². The molecule has 7 heteroatoms. The fourth-order valence-corrected chi connectivity index (χ4v) is 1.95. The van der Waals surface area contributed by atoms with Crippen LogP contribution in [-0.4, -0.2) is 26.3 Å². The van der Waals surface area contributed by atoms with Gasteiger partial charge in [0.05, 0.1) is 23.0 Å². The van der Waals surface area contributed by atoms with Crippen LogP contribution < -0.4 is 5.32 Å². The lowest BCUT2D eigenvalue weighted by molar-refractivity contribution is 0.102. The Morgan fingerprint density at radius 1 is 1.24 bits per heavy atom. The summed E-state index contributed by atoms with van der Waals surface area (Å²) in [5, 5.41) is 17.2. The predicted molar refractivity (Wildman–Crippen MR) is 75.7 cm³/mol. The van der Waals surface area contributed by atoms with Gasteiger partial charge in [0.15, 0.2) is 0 Å². The molecule has 7 nitrogen and oxygen atoms in total. The Morgan fingerprint density at radius 3 is 2.71 bits per heavy atom. The molecule has 0 aliphatic rings. The van der Waals surface area contributed by atoms with Crippen molar-refractivity contribution in [1.82, 2.24) is 20.4 Å². The summed E-state index contributed by atoms with van der Waals surface area (Å²) >= 11 is 0. The van der Waals surface area contributed by atoms with Gasteiger partial charge < -0.3 is 9.73 Å². The quantitative estimate of drug-likeness (QED) is 0.769. The average molecular weight is 283 g/mol. The number of aromatic nitrogens is 4. The number of carbonyl (C=O) groups excluding carboxylic acids is 1. The number of hydrogen-bond acceptors (Lipinski definition) is 5. The Hall–Kier alpha value is -2.96. The summed E-state index contributed by atoms with van der Waals surface area (Å²) < 4.78 is 5.41. The fourth-order valence-electron chi connectivity index (χ4n) is 1.95. The molecule has 2 aromatic heterocycles. The second-order valence-electron chi connectivity index (χ2n) is 4.53. The molecular formula is C14H13N5O2. The van der Waals surface area contributed by atoms with Gasteiger partial charge in [-0.2, -0.15) is 5.10 Å². The molecule has 0 unspecified atom stereocenters. The highest BCUT2D eigenvalue weighted by Gasteiger charge is 2.15. The van der Waals surface area contributed by atoms with Gasteiger partial charge in [-0.25, -0.2) is 0 Å². The molecule has 0 aliphatic heterocycles. The molecular weight excluding hydrogens is 270 g/mol. The number of anilines is 1. The third-order valence-electron chi connectivity index (χ3n) is 3.01. The van der Waals surface area contributed by atoms with Crippen LogP contribution in [-0.2, 0) is 0 Å². The minimum Gasteiger partial charge on any atom is -0.421 e. The van der Waals surface area contributed by atoms with E-state index in [4.69, 9.17) is 4.42 Å². The van der Waals surface area contributed by atoms with Crippen molar-refractivity contribution in [2.75, 3.05) is 5.32 Å². The van der Waals surface area contributed by atoms with E-state index in [2.05, 4.69) is 25.7 Å². The summed E-state index contributed by atoms with van der Waals surface area (Å²) in [7, 11) is 0. The molecule has 0 saturated heterocycles. The molecule has 0 aliphatic carbocycles. The first-order valence-corrected chi connectivity index (χ1v) is 6.36. The Morgan fingerprint density at radius 2 is 2.05 bits per heavy atom. The first kappa shape index (κ1) is 13.0. The van der Waals surface area contributed by atoms with Gasteiger partial charge in [-0.1, -0.05) is 12.1 Å². The first-order valence-electron chi connectivity index (χ1n) is 6.36. The smallest absolute Gasteiger partial charge is 0.259 e. The Kier molecular flexibility index (Phi) is 3.23. The number of nitrogens with zero attached hydrogens (tertiary/aromatic N) is 3. The largest absolute Gasteiger partial charge is 0.421 e. The van der Waals surface area contributed by atoms with Gasteiger partial charge in [0, 0.05) is 12.6 Å². The molecule has 0 atom stereocenters. The van der Waals surface area contributed by atoms with Crippen molar-refractivity contribution in [2.24, 2.45) is 0 Å². The maximum Gasteiger partial charge on any atom is 0.259 e. The van der Waals surface area contributed by atoms with E-state index < -0.39 is 0 Å². The number of nitrogens with one attached hydrogen (secondary N) is 2. The zero-order chi connectivity index (χ0) is 14.8. The molecule has 3 rings (SSSR count). The number of amides is 1. The molecule has 0 bridgehead atoms. The normalized spacial score (nSPS) is 10.6. The molecule has 0 radical (unpaired) electrons. The van der Waals surface area contributed by atoms with Crippen LogP contribution in [0.5, 0.6) is 0 Å². The summed E-state index contributed by atoms with van der Waals surface area (Å²) in [5.74, 6) is 0.592. The van der Waals surface area contributed by atoms with Crippen LogP contribution in [0.25, 0.3) is 11.5 Å². The minimum atomic E-state index is -0.245. The van der Waals surface area contributed by atoms with Crippen molar-refractivity contribution >= 4 is 11.6 Å². The van der Waals surface area contributed by atoms with E-state index in [9.17, 15) is 4.79 Å². The number of H-pyrrole nitrogens is 1. The van der Waals surface area contributed by atoms with Crippen LogP contribution in [0, 0.1) is 13.8 Å². The van der Waals surface area contributed by atoms with Crippen molar-refractivity contribution in [1.29, 1.82) is 0 Å². The van der Waals surface area contributed by atoms with Crippen LogP contribution >= 0.6 is 0 Å². The van der Waals surface area contributed by atoms with Gasteiger partial charge in [-0.3, -0.25) is 9.89 Å². The monoisotopic (exact) mass is 283 g/mol. The van der Waals surface area contributed by atoms with E-state index in [0.29, 0.717) is 34.3 Å². The summed E-state index contributed by atoms with van der Waals surface area (Å²) in [5.41, 5.74) is 2.48. The summed E-state index contributed by atoms with van der Waals surface area (Å²) in [6.45, 7) is 3.50. The highest BCUT2D eigenvalue weighted by atomic mass is 16.4. The molecule has 0 spiro atoms. The van der Waals surface area contributed by atoms with Gasteiger partial charge >= 0.3 is 0 Å². The van der Waals surface area contributed by atoms with Gasteiger partial charge in [-0.05, 0) is 19.1 Å². The first-order chi connectivity index (χ1) is 10.1. The lowest BCUT2D eigenvalue weighted by atomic mass is 10.1. The summed E-state index contributed by atoms with van der Waals surface area (Å²) in [4.78, 5) is 12.2. The Balaban J connectivity index is 1.93. The van der Waals surface area contributed by atoms with Crippen molar-refractivity contribution in [3.05, 3.63) is 47.6 Å². The topological polar surface area (TPSA) is 96.7 Å². The van der Waals surface area contributed by atoms with E-state index in [1.807, 2.05) is 18.2 Å². The lowest BCUT2D eigenvalue weighted by Crippen LogP contribution is -2.13. The van der Waals surface area contributed by atoms with E-state index in [1.54, 1.807) is 19.9 Å². The Labute approximate surface area is 120 Å². The standard InChI is InChI=1S/C14H13N5O2/c1-8-11(7-15-17-8)13(20)16-12-6-4-3-5-10(12)14-19-18-9(2)21-14/h3-7H,1-2H3,(H,15,17)(H,16,20). The second-order valence-corrected chi connectivity index (χ2v) is 4.53. The van der Waals surface area contributed by atoms with Crippen LogP contribution in [0.15, 0.2) is 34.9 Å². The molecule has 0 fully saturated rings. The zero-order valence-electron chi connectivity index (χ0n) is 11.5. The lowest BCUT2D eigenvalue weighted by Gasteiger charge is -2.08. The zero-order valence-corrected chi connectivity index (χ0v) is 11.5. The van der Waals surface area contributed by atoms with Crippen molar-refractivity contribution in [3.63, 3.8) is 0 Å². The Bertz CT molecular complexity index is 790. The highest BCUT2D eigenvalue weighted by Crippen LogP contribution is 2.27. The van der Waals surface area contributed by atoms with Crippen molar-refractivity contribution < 1.29 is 9.21 Å². The van der Waals surface area contributed by atoms with Gasteiger partial charge in [0.25, 0.3) is 5.91 Å². The van der Waals surface area contributed by atoms with Crippen LogP contribution in [0.3, 0.4) is 0 Å². The second kappa shape index (κ2) is 5.20. The molecule has 1 amide bonds. The summed E-state index contributed by atoms with van der Waals surface area (Å²) in [6.07, 6.45) is 1.49. The van der Waals surface area contributed by atoms with Crippen LogP contribution in [0.1, 0.15) is 21.9 Å². The maximum absolute atomic E-state index is 12.2. The number of carbonyl (C=O) groups is 1. The van der Waals surface area contributed by atoms with Gasteiger partial charge in [-0.15, -0.1) is 10.2 Å². The summed E-state index contributed by atoms with van der Waals surface area (Å²) in [6, 6.07) is 7.26. The highest BCUT2D eigenvalue weighted by molar-refractivity contribution is 6.06. The third kappa shape index (κ3) is 2.53. The van der Waals surface area contributed by atoms with E-state index in [1.165, 1.54) is 6.20 Å². The fraction of sp³-hybridized carbons (Fsp3) is 0.143. The SMILES string of the molecule is Cc1nnc(-c2ccccc2NC(=O)c2cn[nH]c2C)o1. The minimum absolute atomic E-state index is 0.245. The van der Waals surface area contributed by atoms with E-state index in [0.717, 1.165) is 0 Å². The number of hydrogen-bond donors (Lipinski definition) is 2.